The van der Waals surface area contributed by atoms with Crippen LogP contribution in [0.2, 0.25) is 0 Å². The summed E-state index contributed by atoms with van der Waals surface area (Å²) in [4.78, 5) is 14.3. The summed E-state index contributed by atoms with van der Waals surface area (Å²) in [6.45, 7) is 0. The van der Waals surface area contributed by atoms with Gasteiger partial charge < -0.3 is 10.0 Å². The normalized spacial score (nSPS) is 23.2. The average Bonchev–Trinajstić information content (AvgIpc) is 2.40. The first kappa shape index (κ1) is 14.3. The van der Waals surface area contributed by atoms with E-state index in [1.807, 2.05) is 0 Å². The monoisotopic (exact) mass is 283 g/mol. The molecule has 0 radical (unpaired) electrons. The maximum atomic E-state index is 13.7. The van der Waals surface area contributed by atoms with Crippen molar-refractivity contribution in [2.24, 2.45) is 0 Å². The number of amides is 1. The topological polar surface area (TPSA) is 40.5 Å². The third-order valence-electron chi connectivity index (χ3n) is 3.69. The highest BCUT2D eigenvalue weighted by atomic mass is 32.1. The summed E-state index contributed by atoms with van der Waals surface area (Å²) >= 11 is 4.12. The number of hydrogen-bond acceptors (Lipinski definition) is 3. The Morgan fingerprint density at radius 3 is 2.79 bits per heavy atom. The third-order valence-corrected chi connectivity index (χ3v) is 3.97. The Morgan fingerprint density at radius 2 is 2.11 bits per heavy atom. The molecule has 19 heavy (non-hydrogen) atoms. The number of hydrogen-bond donors (Lipinski definition) is 2. The number of thiol groups is 1. The first-order chi connectivity index (χ1) is 9.00. The Morgan fingerprint density at radius 1 is 1.42 bits per heavy atom. The fourth-order valence-corrected chi connectivity index (χ4v) is 2.76. The number of likely N-dealkylation sites (N-methyl/N-ethyl adjacent to an activating group) is 1. The van der Waals surface area contributed by atoms with Crippen molar-refractivity contribution in [3.8, 4) is 0 Å². The van der Waals surface area contributed by atoms with Gasteiger partial charge in [0, 0.05) is 11.9 Å². The standard InChI is InChI=1S/C14H18FNO2S/c1-16(12-4-2-3-5-13(12)17)14(18)10-8-9(19)6-7-11(10)15/h6-8,12-13,17,19H,2-5H2,1H3. The van der Waals surface area contributed by atoms with Crippen LogP contribution >= 0.6 is 12.6 Å². The van der Waals surface area contributed by atoms with Crippen LogP contribution in [-0.2, 0) is 0 Å². The molecule has 2 unspecified atom stereocenters. The van der Waals surface area contributed by atoms with E-state index in [1.165, 1.54) is 23.1 Å². The Balaban J connectivity index is 2.20. The molecule has 0 heterocycles. The number of carbonyl (C=O) groups excluding carboxylic acids is 1. The van der Waals surface area contributed by atoms with Crippen molar-refractivity contribution in [2.75, 3.05) is 7.05 Å². The molecule has 1 aliphatic carbocycles. The molecule has 5 heteroatoms. The van der Waals surface area contributed by atoms with E-state index in [-0.39, 0.29) is 11.6 Å². The minimum Gasteiger partial charge on any atom is -0.391 e. The van der Waals surface area contributed by atoms with Crippen LogP contribution in [0, 0.1) is 5.82 Å². The van der Waals surface area contributed by atoms with Gasteiger partial charge in [0.15, 0.2) is 0 Å². The minimum absolute atomic E-state index is 0.00720. The Labute approximate surface area is 117 Å². The zero-order valence-electron chi connectivity index (χ0n) is 10.8. The second-order valence-electron chi connectivity index (χ2n) is 5.00. The van der Waals surface area contributed by atoms with Gasteiger partial charge in [-0.2, -0.15) is 0 Å². The van der Waals surface area contributed by atoms with Gasteiger partial charge in [-0.15, -0.1) is 12.6 Å². The molecule has 1 aromatic rings. The predicted molar refractivity (Wildman–Crippen MR) is 74.0 cm³/mol. The summed E-state index contributed by atoms with van der Waals surface area (Å²) in [7, 11) is 1.62. The zero-order valence-corrected chi connectivity index (χ0v) is 11.7. The largest absolute Gasteiger partial charge is 0.391 e. The number of halogens is 1. The smallest absolute Gasteiger partial charge is 0.256 e. The number of nitrogens with zero attached hydrogens (tertiary/aromatic N) is 1. The maximum absolute atomic E-state index is 13.7. The van der Waals surface area contributed by atoms with Crippen molar-refractivity contribution in [2.45, 2.75) is 42.7 Å². The van der Waals surface area contributed by atoms with Crippen LogP contribution in [0.3, 0.4) is 0 Å². The number of aliphatic hydroxyl groups excluding tert-OH is 1. The second kappa shape index (κ2) is 5.92. The van der Waals surface area contributed by atoms with Crippen LogP contribution in [0.1, 0.15) is 36.0 Å². The van der Waals surface area contributed by atoms with Gasteiger partial charge in [-0.25, -0.2) is 4.39 Å². The predicted octanol–water partition coefficient (Wildman–Crippen LogP) is 2.49. The number of benzene rings is 1. The molecule has 1 aromatic carbocycles. The van der Waals surface area contributed by atoms with Crippen molar-refractivity contribution in [1.82, 2.24) is 4.90 Å². The summed E-state index contributed by atoms with van der Waals surface area (Å²) in [6, 6.07) is 3.93. The maximum Gasteiger partial charge on any atom is 0.256 e. The molecule has 1 fully saturated rings. The van der Waals surface area contributed by atoms with Crippen molar-refractivity contribution >= 4 is 18.5 Å². The molecule has 1 aliphatic rings. The van der Waals surface area contributed by atoms with E-state index in [1.54, 1.807) is 7.05 Å². The molecular formula is C14H18FNO2S. The zero-order chi connectivity index (χ0) is 14.0. The van der Waals surface area contributed by atoms with E-state index < -0.39 is 17.8 Å². The molecule has 0 aliphatic heterocycles. The fraction of sp³-hybridized carbons (Fsp3) is 0.500. The Hall–Kier alpha value is -1.07. The molecule has 1 amide bonds. The van der Waals surface area contributed by atoms with E-state index in [9.17, 15) is 14.3 Å². The molecular weight excluding hydrogens is 265 g/mol. The highest BCUT2D eigenvalue weighted by Gasteiger charge is 2.30. The summed E-state index contributed by atoms with van der Waals surface area (Å²) in [5.74, 6) is -0.959. The molecule has 0 aromatic heterocycles. The molecule has 2 rings (SSSR count). The van der Waals surface area contributed by atoms with Crippen LogP contribution in [-0.4, -0.2) is 35.1 Å². The molecule has 0 saturated heterocycles. The summed E-state index contributed by atoms with van der Waals surface area (Å²) in [6.07, 6.45) is 2.88. The Bertz CT molecular complexity index is 481. The molecule has 104 valence electrons. The van der Waals surface area contributed by atoms with Crippen molar-refractivity contribution in [3.05, 3.63) is 29.6 Å². The van der Waals surface area contributed by atoms with E-state index in [0.717, 1.165) is 19.3 Å². The molecule has 1 saturated carbocycles. The van der Waals surface area contributed by atoms with Gasteiger partial charge in [0.1, 0.15) is 5.82 Å². The van der Waals surface area contributed by atoms with Crippen LogP contribution in [0.5, 0.6) is 0 Å². The number of rotatable bonds is 2. The lowest BCUT2D eigenvalue weighted by atomic mass is 9.91. The molecule has 2 atom stereocenters. The van der Waals surface area contributed by atoms with Crippen molar-refractivity contribution in [3.63, 3.8) is 0 Å². The molecule has 0 spiro atoms. The summed E-state index contributed by atoms with van der Waals surface area (Å²) in [5.41, 5.74) is 0.00720. The minimum atomic E-state index is -0.556. The lowest BCUT2D eigenvalue weighted by molar-refractivity contribution is 0.0265. The Kier molecular flexibility index (Phi) is 4.47. The van der Waals surface area contributed by atoms with Gasteiger partial charge in [-0.05, 0) is 31.0 Å². The summed E-state index contributed by atoms with van der Waals surface area (Å²) < 4.78 is 13.7. The fourth-order valence-electron chi connectivity index (χ4n) is 2.56. The second-order valence-corrected chi connectivity index (χ2v) is 5.52. The number of carbonyl (C=O) groups is 1. The van der Waals surface area contributed by atoms with Crippen molar-refractivity contribution in [1.29, 1.82) is 0 Å². The van der Waals surface area contributed by atoms with Gasteiger partial charge in [-0.3, -0.25) is 4.79 Å². The highest BCUT2D eigenvalue weighted by molar-refractivity contribution is 7.80. The van der Waals surface area contributed by atoms with E-state index in [2.05, 4.69) is 12.6 Å². The van der Waals surface area contributed by atoms with E-state index >= 15 is 0 Å². The van der Waals surface area contributed by atoms with Crippen LogP contribution in [0.15, 0.2) is 23.1 Å². The molecule has 1 N–H and O–H groups in total. The van der Waals surface area contributed by atoms with Gasteiger partial charge in [0.2, 0.25) is 0 Å². The van der Waals surface area contributed by atoms with Gasteiger partial charge in [-0.1, -0.05) is 12.8 Å². The van der Waals surface area contributed by atoms with Gasteiger partial charge in [0.05, 0.1) is 17.7 Å². The van der Waals surface area contributed by atoms with E-state index in [4.69, 9.17) is 0 Å². The number of aliphatic hydroxyl groups is 1. The van der Waals surface area contributed by atoms with Crippen molar-refractivity contribution < 1.29 is 14.3 Å². The van der Waals surface area contributed by atoms with Crippen LogP contribution in [0.25, 0.3) is 0 Å². The highest BCUT2D eigenvalue weighted by Crippen LogP contribution is 2.24. The van der Waals surface area contributed by atoms with Crippen LogP contribution in [0.4, 0.5) is 4.39 Å². The first-order valence-electron chi connectivity index (χ1n) is 6.44. The molecule has 0 bridgehead atoms. The lowest BCUT2D eigenvalue weighted by Crippen LogP contribution is -2.46. The van der Waals surface area contributed by atoms with Crippen LogP contribution < -0.4 is 0 Å². The van der Waals surface area contributed by atoms with Gasteiger partial charge in [0.25, 0.3) is 5.91 Å². The first-order valence-corrected chi connectivity index (χ1v) is 6.89. The van der Waals surface area contributed by atoms with E-state index in [0.29, 0.717) is 11.3 Å². The lowest BCUT2D eigenvalue weighted by Gasteiger charge is -2.35. The quantitative estimate of drug-likeness (QED) is 0.819. The SMILES string of the molecule is CN(C(=O)c1cc(S)ccc1F)C1CCCCC1O. The average molecular weight is 283 g/mol. The third kappa shape index (κ3) is 3.09. The van der Waals surface area contributed by atoms with Gasteiger partial charge >= 0.3 is 0 Å². The summed E-state index contributed by atoms with van der Waals surface area (Å²) in [5, 5.41) is 9.96. The molecule has 3 nitrogen and oxygen atoms in total.